The SMILES string of the molecule is CN(C)c1cc(N2CCC3CCN(c4cc(C(F)(F)F)ncn4)CC32)ncn1. The van der Waals surface area contributed by atoms with Gasteiger partial charge in [-0.2, -0.15) is 13.2 Å². The maximum Gasteiger partial charge on any atom is 0.433 e. The van der Waals surface area contributed by atoms with Crippen molar-refractivity contribution in [3.8, 4) is 0 Å². The van der Waals surface area contributed by atoms with Gasteiger partial charge < -0.3 is 14.7 Å². The molecule has 2 aliphatic rings. The third-order valence-corrected chi connectivity index (χ3v) is 5.52. The van der Waals surface area contributed by atoms with Crippen LogP contribution in [-0.4, -0.2) is 59.7 Å². The zero-order chi connectivity index (χ0) is 19.9. The largest absolute Gasteiger partial charge is 0.433 e. The first-order valence-electron chi connectivity index (χ1n) is 9.23. The molecule has 2 saturated heterocycles. The van der Waals surface area contributed by atoms with Gasteiger partial charge in [0.1, 0.15) is 35.8 Å². The molecule has 28 heavy (non-hydrogen) atoms. The first kappa shape index (κ1) is 18.7. The number of hydrogen-bond acceptors (Lipinski definition) is 7. The summed E-state index contributed by atoms with van der Waals surface area (Å²) >= 11 is 0. The molecular weight excluding hydrogens is 371 g/mol. The molecule has 0 aromatic carbocycles. The van der Waals surface area contributed by atoms with Crippen LogP contribution in [0.25, 0.3) is 0 Å². The highest BCUT2D eigenvalue weighted by Gasteiger charge is 2.40. The van der Waals surface area contributed by atoms with Crippen molar-refractivity contribution >= 4 is 17.5 Å². The van der Waals surface area contributed by atoms with E-state index in [4.69, 9.17) is 0 Å². The average Bonchev–Trinajstić information content (AvgIpc) is 3.11. The van der Waals surface area contributed by atoms with Crippen LogP contribution in [0.1, 0.15) is 18.5 Å². The smallest absolute Gasteiger partial charge is 0.363 e. The topological polar surface area (TPSA) is 61.3 Å². The Labute approximate surface area is 161 Å². The lowest BCUT2D eigenvalue weighted by Gasteiger charge is -2.39. The normalized spacial score (nSPS) is 22.3. The number of anilines is 3. The molecule has 4 heterocycles. The Balaban J connectivity index is 1.57. The minimum atomic E-state index is -4.47. The highest BCUT2D eigenvalue weighted by atomic mass is 19.4. The van der Waals surface area contributed by atoms with E-state index >= 15 is 0 Å². The van der Waals surface area contributed by atoms with E-state index in [0.717, 1.165) is 43.4 Å². The summed E-state index contributed by atoms with van der Waals surface area (Å²) in [5, 5.41) is 0. The minimum absolute atomic E-state index is 0.183. The predicted octanol–water partition coefficient (Wildman–Crippen LogP) is 2.46. The number of halogens is 3. The molecule has 4 rings (SSSR count). The maximum atomic E-state index is 13.0. The summed E-state index contributed by atoms with van der Waals surface area (Å²) < 4.78 is 39.0. The van der Waals surface area contributed by atoms with Crippen molar-refractivity contribution in [3.05, 3.63) is 30.5 Å². The Hall–Kier alpha value is -2.65. The Bertz CT molecular complexity index is 842. The summed E-state index contributed by atoms with van der Waals surface area (Å²) in [6, 6.07) is 3.17. The van der Waals surface area contributed by atoms with Crippen molar-refractivity contribution in [2.24, 2.45) is 5.92 Å². The van der Waals surface area contributed by atoms with Gasteiger partial charge in [0.05, 0.1) is 6.04 Å². The van der Waals surface area contributed by atoms with Crippen LogP contribution in [0.2, 0.25) is 0 Å². The molecule has 2 unspecified atom stereocenters. The van der Waals surface area contributed by atoms with Crippen molar-refractivity contribution < 1.29 is 13.2 Å². The van der Waals surface area contributed by atoms with Crippen LogP contribution in [0, 0.1) is 5.92 Å². The Morgan fingerprint density at radius 1 is 0.964 bits per heavy atom. The number of nitrogens with zero attached hydrogens (tertiary/aromatic N) is 7. The fourth-order valence-corrected chi connectivity index (χ4v) is 4.05. The van der Waals surface area contributed by atoms with Crippen LogP contribution in [0.3, 0.4) is 0 Å². The van der Waals surface area contributed by atoms with Gasteiger partial charge in [0.15, 0.2) is 0 Å². The molecule has 7 nitrogen and oxygen atoms in total. The number of fused-ring (bicyclic) bond motifs is 1. The van der Waals surface area contributed by atoms with Crippen molar-refractivity contribution in [1.29, 1.82) is 0 Å². The van der Waals surface area contributed by atoms with Crippen molar-refractivity contribution in [2.75, 3.05) is 48.4 Å². The lowest BCUT2D eigenvalue weighted by Crippen LogP contribution is -2.49. The van der Waals surface area contributed by atoms with E-state index in [1.54, 1.807) is 6.33 Å². The van der Waals surface area contributed by atoms with Crippen LogP contribution < -0.4 is 14.7 Å². The fraction of sp³-hybridized carbons (Fsp3) is 0.556. The van der Waals surface area contributed by atoms with Gasteiger partial charge in [0, 0.05) is 45.9 Å². The van der Waals surface area contributed by atoms with Gasteiger partial charge in [0.25, 0.3) is 0 Å². The monoisotopic (exact) mass is 393 g/mol. The van der Waals surface area contributed by atoms with Gasteiger partial charge >= 0.3 is 6.18 Å². The predicted molar refractivity (Wildman–Crippen MR) is 99.5 cm³/mol. The number of alkyl halides is 3. The number of rotatable bonds is 3. The summed E-state index contributed by atoms with van der Waals surface area (Å²) in [7, 11) is 3.85. The van der Waals surface area contributed by atoms with E-state index in [9.17, 15) is 13.2 Å². The van der Waals surface area contributed by atoms with E-state index in [2.05, 4.69) is 24.8 Å². The van der Waals surface area contributed by atoms with Crippen molar-refractivity contribution in [2.45, 2.75) is 25.1 Å². The molecule has 0 spiro atoms. The third-order valence-electron chi connectivity index (χ3n) is 5.52. The van der Waals surface area contributed by atoms with Crippen LogP contribution >= 0.6 is 0 Å². The molecule has 0 N–H and O–H groups in total. The van der Waals surface area contributed by atoms with Gasteiger partial charge in [0.2, 0.25) is 0 Å². The van der Waals surface area contributed by atoms with Gasteiger partial charge in [-0.05, 0) is 18.8 Å². The van der Waals surface area contributed by atoms with E-state index in [0.29, 0.717) is 24.8 Å². The first-order valence-corrected chi connectivity index (χ1v) is 9.23. The average molecular weight is 393 g/mol. The second kappa shape index (κ2) is 7.06. The van der Waals surface area contributed by atoms with Gasteiger partial charge in [-0.3, -0.25) is 0 Å². The number of aromatic nitrogens is 4. The number of hydrogen-bond donors (Lipinski definition) is 0. The van der Waals surface area contributed by atoms with Crippen molar-refractivity contribution in [1.82, 2.24) is 19.9 Å². The van der Waals surface area contributed by atoms with Crippen LogP contribution in [-0.2, 0) is 6.18 Å². The summed E-state index contributed by atoms with van der Waals surface area (Å²) in [5.74, 6) is 2.50. The van der Waals surface area contributed by atoms with Crippen LogP contribution in [0.5, 0.6) is 0 Å². The highest BCUT2D eigenvalue weighted by Crippen LogP contribution is 2.36. The third kappa shape index (κ3) is 3.55. The fourth-order valence-electron chi connectivity index (χ4n) is 4.05. The van der Waals surface area contributed by atoms with Crippen LogP contribution in [0.4, 0.5) is 30.6 Å². The van der Waals surface area contributed by atoms with Gasteiger partial charge in [-0.25, -0.2) is 19.9 Å². The molecule has 2 aromatic heterocycles. The molecule has 2 fully saturated rings. The van der Waals surface area contributed by atoms with E-state index < -0.39 is 11.9 Å². The highest BCUT2D eigenvalue weighted by molar-refractivity contribution is 5.52. The Morgan fingerprint density at radius 3 is 2.43 bits per heavy atom. The van der Waals surface area contributed by atoms with Crippen LogP contribution in [0.15, 0.2) is 24.8 Å². The molecule has 0 radical (unpaired) electrons. The molecule has 0 aliphatic carbocycles. The molecule has 2 atom stereocenters. The van der Waals surface area contributed by atoms with Crippen molar-refractivity contribution in [3.63, 3.8) is 0 Å². The lowest BCUT2D eigenvalue weighted by atomic mass is 9.92. The quantitative estimate of drug-likeness (QED) is 0.794. The lowest BCUT2D eigenvalue weighted by molar-refractivity contribution is -0.141. The van der Waals surface area contributed by atoms with Gasteiger partial charge in [-0.15, -0.1) is 0 Å². The maximum absolute atomic E-state index is 13.0. The first-order chi connectivity index (χ1) is 13.3. The summed E-state index contributed by atoms with van der Waals surface area (Å²) in [6.07, 6.45) is 0.0392. The minimum Gasteiger partial charge on any atom is -0.363 e. The molecule has 2 aromatic rings. The standard InChI is InChI=1S/C18H22F3N7/c1-26(2)15-8-17(25-11-23-15)28-6-4-12-3-5-27(9-13(12)28)16-7-14(18(19,20)21)22-10-24-16/h7-8,10-13H,3-6,9H2,1-2H3. The molecule has 150 valence electrons. The second-order valence-corrected chi connectivity index (χ2v) is 7.43. The molecule has 2 aliphatic heterocycles. The summed E-state index contributed by atoms with van der Waals surface area (Å²) in [4.78, 5) is 22.2. The van der Waals surface area contributed by atoms with E-state index in [1.807, 2.05) is 30.0 Å². The Kier molecular flexibility index (Phi) is 4.72. The Morgan fingerprint density at radius 2 is 1.68 bits per heavy atom. The molecule has 10 heteroatoms. The molecular formula is C18H22F3N7. The zero-order valence-electron chi connectivity index (χ0n) is 15.8. The molecule has 0 saturated carbocycles. The summed E-state index contributed by atoms with van der Waals surface area (Å²) in [5.41, 5.74) is -0.908. The number of piperidine rings is 1. The summed E-state index contributed by atoms with van der Waals surface area (Å²) in [6.45, 7) is 2.18. The van der Waals surface area contributed by atoms with Gasteiger partial charge in [-0.1, -0.05) is 0 Å². The van der Waals surface area contributed by atoms with E-state index in [-0.39, 0.29) is 6.04 Å². The zero-order valence-corrected chi connectivity index (χ0v) is 15.8. The second-order valence-electron chi connectivity index (χ2n) is 7.43. The van der Waals surface area contributed by atoms with E-state index in [1.165, 1.54) is 0 Å². The molecule has 0 bridgehead atoms. The molecule has 0 amide bonds.